The number of hydrogen-bond acceptors (Lipinski definition) is 5. The van der Waals surface area contributed by atoms with E-state index in [-0.39, 0.29) is 28.5 Å². The summed E-state index contributed by atoms with van der Waals surface area (Å²) in [5.41, 5.74) is 2.59. The maximum Gasteiger partial charge on any atom is 0.276 e. The van der Waals surface area contributed by atoms with Crippen LogP contribution < -0.4 is 10.2 Å². The molecule has 0 aliphatic carbocycles. The molecule has 0 spiro atoms. The van der Waals surface area contributed by atoms with E-state index in [0.717, 1.165) is 16.2 Å². The van der Waals surface area contributed by atoms with Crippen molar-refractivity contribution in [2.24, 2.45) is 10.2 Å². The first-order valence-electron chi connectivity index (χ1n) is 9.91. The third-order valence-electron chi connectivity index (χ3n) is 4.99. The van der Waals surface area contributed by atoms with E-state index in [1.807, 2.05) is 6.07 Å². The molecule has 0 aromatic heterocycles. The lowest BCUT2D eigenvalue weighted by Crippen LogP contribution is -2.28. The highest BCUT2D eigenvalue weighted by Crippen LogP contribution is 2.37. The summed E-state index contributed by atoms with van der Waals surface area (Å²) < 4.78 is 14.1. The van der Waals surface area contributed by atoms with Crippen molar-refractivity contribution in [3.63, 3.8) is 0 Å². The number of fused-ring (bicyclic) bond motifs is 1. The first-order valence-corrected chi connectivity index (χ1v) is 11.9. The van der Waals surface area contributed by atoms with Crippen molar-refractivity contribution in [2.75, 3.05) is 10.2 Å². The number of nitrogens with one attached hydrogen (secondary N) is 1. The van der Waals surface area contributed by atoms with Crippen LogP contribution in [0.4, 0.5) is 15.8 Å². The summed E-state index contributed by atoms with van der Waals surface area (Å²) in [6, 6.07) is 17.9. The molecule has 6 nitrogen and oxygen atoms in total. The fourth-order valence-corrected chi connectivity index (χ4v) is 4.81. The Hall–Kier alpha value is -3.27. The van der Waals surface area contributed by atoms with E-state index in [1.54, 1.807) is 54.6 Å². The fourth-order valence-electron chi connectivity index (χ4n) is 3.39. The average molecular weight is 556 g/mol. The Kier molecular flexibility index (Phi) is 6.07. The van der Waals surface area contributed by atoms with Gasteiger partial charge in [-0.3, -0.25) is 14.5 Å². The molecule has 1 N–H and O–H groups in total. The first kappa shape index (κ1) is 22.5. The largest absolute Gasteiger partial charge is 0.320 e. The number of thioether (sulfide) groups is 1. The topological polar surface area (TPSA) is 74.1 Å². The average Bonchev–Trinajstić information content (AvgIpc) is 3.29. The second-order valence-electron chi connectivity index (χ2n) is 7.25. The molecule has 0 bridgehead atoms. The number of halogens is 3. The molecule has 2 aliphatic rings. The third-order valence-corrected chi connectivity index (χ3v) is 6.70. The Labute approximate surface area is 211 Å². The Bertz CT molecular complexity index is 1420. The van der Waals surface area contributed by atoms with Crippen molar-refractivity contribution in [1.29, 1.82) is 0 Å². The smallest absolute Gasteiger partial charge is 0.276 e. The highest BCUT2D eigenvalue weighted by atomic mass is 79.9. The lowest BCUT2D eigenvalue weighted by Gasteiger charge is -2.14. The zero-order valence-electron chi connectivity index (χ0n) is 17.1. The zero-order valence-corrected chi connectivity index (χ0v) is 20.3. The molecule has 1 fully saturated rings. The van der Waals surface area contributed by atoms with E-state index in [4.69, 9.17) is 11.6 Å². The zero-order chi connectivity index (χ0) is 23.8. The fraction of sp³-hybridized carbons (Fsp3) is 0. The molecule has 2 heterocycles. The summed E-state index contributed by atoms with van der Waals surface area (Å²) in [5, 5.41) is 12.0. The number of carbonyl (C=O) groups is 2. The molecule has 0 unspecified atom stereocenters. The summed E-state index contributed by atoms with van der Waals surface area (Å²) in [4.78, 5) is 27.5. The normalized spacial score (nSPS) is 18.8. The van der Waals surface area contributed by atoms with Crippen LogP contribution in [0, 0.1) is 5.82 Å². The molecule has 1 saturated heterocycles. The minimum absolute atomic E-state index is 0.142. The van der Waals surface area contributed by atoms with Gasteiger partial charge in [0.25, 0.3) is 11.8 Å². The molecule has 0 saturated carbocycles. The Morgan fingerprint density at radius 2 is 1.74 bits per heavy atom. The van der Waals surface area contributed by atoms with Gasteiger partial charge in [-0.15, -0.1) is 10.2 Å². The van der Waals surface area contributed by atoms with Gasteiger partial charge in [0.2, 0.25) is 5.17 Å². The Balaban J connectivity index is 1.57. The van der Waals surface area contributed by atoms with Crippen LogP contribution in [0.25, 0.3) is 6.08 Å². The van der Waals surface area contributed by atoms with E-state index >= 15 is 0 Å². The number of anilines is 2. The summed E-state index contributed by atoms with van der Waals surface area (Å²) >= 11 is 10.5. The highest BCUT2D eigenvalue weighted by Gasteiger charge is 2.35. The molecule has 0 atom stereocenters. The van der Waals surface area contributed by atoms with E-state index in [0.29, 0.717) is 32.4 Å². The summed E-state index contributed by atoms with van der Waals surface area (Å²) in [7, 11) is 0. The number of amidine groups is 1. The van der Waals surface area contributed by atoms with Crippen molar-refractivity contribution in [2.45, 2.75) is 0 Å². The van der Waals surface area contributed by atoms with Gasteiger partial charge >= 0.3 is 0 Å². The van der Waals surface area contributed by atoms with Crippen LogP contribution in [0.3, 0.4) is 0 Å². The van der Waals surface area contributed by atoms with Gasteiger partial charge in [-0.2, -0.15) is 0 Å². The van der Waals surface area contributed by atoms with E-state index in [1.165, 1.54) is 17.0 Å². The van der Waals surface area contributed by atoms with Gasteiger partial charge in [-0.1, -0.05) is 39.7 Å². The molecule has 168 valence electrons. The molecule has 34 heavy (non-hydrogen) atoms. The number of hydrogen-bond donors (Lipinski definition) is 1. The summed E-state index contributed by atoms with van der Waals surface area (Å²) in [6.45, 7) is 0. The maximum absolute atomic E-state index is 13.3. The van der Waals surface area contributed by atoms with Crippen LogP contribution in [-0.2, 0) is 9.59 Å². The number of carbonyl (C=O) groups excluding carboxylic acids is 2. The second-order valence-corrected chi connectivity index (χ2v) is 9.62. The van der Waals surface area contributed by atoms with Crippen molar-refractivity contribution in [3.05, 3.63) is 98.1 Å². The minimum atomic E-state index is -0.383. The molecule has 3 aromatic carbocycles. The number of amides is 2. The lowest BCUT2D eigenvalue weighted by atomic mass is 10.1. The lowest BCUT2D eigenvalue weighted by molar-refractivity contribution is -0.113. The predicted molar refractivity (Wildman–Crippen MR) is 138 cm³/mol. The summed E-state index contributed by atoms with van der Waals surface area (Å²) in [6.07, 6.45) is 1.65. The second kappa shape index (κ2) is 9.17. The maximum atomic E-state index is 13.3. The van der Waals surface area contributed by atoms with Crippen LogP contribution >= 0.6 is 39.3 Å². The van der Waals surface area contributed by atoms with Gasteiger partial charge < -0.3 is 5.32 Å². The predicted octanol–water partition coefficient (Wildman–Crippen LogP) is 6.07. The summed E-state index contributed by atoms with van der Waals surface area (Å²) in [5.74, 6) is -1.07. The Morgan fingerprint density at radius 3 is 2.47 bits per heavy atom. The number of nitrogens with zero attached hydrogens (tertiary/aromatic N) is 3. The molecule has 2 amide bonds. The van der Waals surface area contributed by atoms with Crippen LogP contribution in [0.2, 0.25) is 5.02 Å². The van der Waals surface area contributed by atoms with Gasteiger partial charge in [0.05, 0.1) is 16.3 Å². The van der Waals surface area contributed by atoms with Gasteiger partial charge in [0, 0.05) is 15.1 Å². The van der Waals surface area contributed by atoms with Gasteiger partial charge in [-0.05, 0) is 78.0 Å². The minimum Gasteiger partial charge on any atom is -0.320 e. The molecule has 2 aliphatic heterocycles. The number of benzene rings is 3. The van der Waals surface area contributed by atoms with Gasteiger partial charge in [0.1, 0.15) is 5.82 Å². The number of rotatable bonds is 3. The molecule has 0 radical (unpaired) electrons. The SMILES string of the molecule is O=C1Nc2ccc(Br)cc2C1=NN=C1SC(=Cc2ccc(F)cc2)C(=O)N1c1ccc(Cl)cc1. The third kappa shape index (κ3) is 4.42. The molecular formula is C24H13BrClFN4O2S. The van der Waals surface area contributed by atoms with Gasteiger partial charge in [0.15, 0.2) is 5.71 Å². The van der Waals surface area contributed by atoms with Crippen LogP contribution in [-0.4, -0.2) is 22.7 Å². The highest BCUT2D eigenvalue weighted by molar-refractivity contribution is 9.10. The van der Waals surface area contributed by atoms with Crippen LogP contribution in [0.5, 0.6) is 0 Å². The quantitative estimate of drug-likeness (QED) is 0.315. The Morgan fingerprint density at radius 1 is 1.00 bits per heavy atom. The molecular weight excluding hydrogens is 543 g/mol. The van der Waals surface area contributed by atoms with Crippen LogP contribution in [0.1, 0.15) is 11.1 Å². The van der Waals surface area contributed by atoms with E-state index < -0.39 is 0 Å². The van der Waals surface area contributed by atoms with Gasteiger partial charge in [-0.25, -0.2) is 4.39 Å². The first-order chi connectivity index (χ1) is 16.4. The standard InChI is InChI=1S/C24H13BrClFN4O2S/c25-14-3-10-19-18(12-14)21(22(32)28-19)29-30-24-31(17-8-4-15(26)5-9-17)23(33)20(34-24)11-13-1-6-16(27)7-2-13/h1-12H,(H,28,29,32). The monoisotopic (exact) mass is 554 g/mol. The van der Waals surface area contributed by atoms with Crippen molar-refractivity contribution >= 4 is 79.4 Å². The molecule has 3 aromatic rings. The van der Waals surface area contributed by atoms with Crippen molar-refractivity contribution in [1.82, 2.24) is 0 Å². The van der Waals surface area contributed by atoms with E-state index in [9.17, 15) is 14.0 Å². The van der Waals surface area contributed by atoms with Crippen molar-refractivity contribution in [3.8, 4) is 0 Å². The van der Waals surface area contributed by atoms with Crippen LogP contribution in [0.15, 0.2) is 86.3 Å². The molecule has 5 rings (SSSR count). The molecule has 10 heteroatoms. The van der Waals surface area contributed by atoms with E-state index in [2.05, 4.69) is 31.4 Å². The van der Waals surface area contributed by atoms with Crippen molar-refractivity contribution < 1.29 is 14.0 Å².